The Balaban J connectivity index is 2.23. The summed E-state index contributed by atoms with van der Waals surface area (Å²) >= 11 is 0. The minimum atomic E-state index is -3.59. The summed E-state index contributed by atoms with van der Waals surface area (Å²) in [6.45, 7) is 12.8. The second-order valence-corrected chi connectivity index (χ2v) is 9.46. The standard InChI is InChI=1S/C19H31N3O3S/c1-12(2)17(20)19(23)21-7-9-22(10-8-21)26(24,25)18-15(5)13(3)11-14(4)16(18)6/h11-12,17H,7-10,20H2,1-6H3/t17-/m0/s1. The minimum absolute atomic E-state index is 0.0600. The Hall–Kier alpha value is -1.44. The van der Waals surface area contributed by atoms with Crippen LogP contribution in [0.3, 0.4) is 0 Å². The van der Waals surface area contributed by atoms with Crippen LogP contribution in [0.15, 0.2) is 11.0 Å². The Bertz CT molecular complexity index is 768. The number of hydrogen-bond donors (Lipinski definition) is 1. The normalized spacial score (nSPS) is 17.6. The van der Waals surface area contributed by atoms with Gasteiger partial charge in [0.25, 0.3) is 0 Å². The van der Waals surface area contributed by atoms with Crippen molar-refractivity contribution in [3.63, 3.8) is 0 Å². The van der Waals surface area contributed by atoms with Gasteiger partial charge in [0.05, 0.1) is 10.9 Å². The lowest BCUT2D eigenvalue weighted by Crippen LogP contribution is -2.55. The fourth-order valence-electron chi connectivity index (χ4n) is 3.34. The summed E-state index contributed by atoms with van der Waals surface area (Å²) in [4.78, 5) is 14.5. The lowest BCUT2D eigenvalue weighted by Gasteiger charge is -2.36. The van der Waals surface area contributed by atoms with Crippen molar-refractivity contribution < 1.29 is 13.2 Å². The number of nitrogens with two attached hydrogens (primary N) is 1. The van der Waals surface area contributed by atoms with Crippen molar-refractivity contribution in [1.82, 2.24) is 9.21 Å². The van der Waals surface area contributed by atoms with Gasteiger partial charge in [-0.3, -0.25) is 4.79 Å². The summed E-state index contributed by atoms with van der Waals surface area (Å²) in [6, 6.07) is 1.48. The van der Waals surface area contributed by atoms with Gasteiger partial charge in [-0.15, -0.1) is 0 Å². The number of aryl methyl sites for hydroxylation is 2. The van der Waals surface area contributed by atoms with E-state index >= 15 is 0 Å². The number of carbonyl (C=O) groups is 1. The third-order valence-corrected chi connectivity index (χ3v) is 7.62. The van der Waals surface area contributed by atoms with Crippen LogP contribution >= 0.6 is 0 Å². The largest absolute Gasteiger partial charge is 0.339 e. The van der Waals surface area contributed by atoms with Crippen molar-refractivity contribution >= 4 is 15.9 Å². The number of rotatable bonds is 4. The summed E-state index contributed by atoms with van der Waals surface area (Å²) in [6.07, 6.45) is 0. The first-order valence-electron chi connectivity index (χ1n) is 9.10. The minimum Gasteiger partial charge on any atom is -0.339 e. The molecule has 0 radical (unpaired) electrons. The number of carbonyl (C=O) groups excluding carboxylic acids is 1. The molecule has 1 aromatic carbocycles. The Morgan fingerprint density at radius 1 is 1.00 bits per heavy atom. The average molecular weight is 382 g/mol. The molecule has 0 bridgehead atoms. The molecule has 2 rings (SSSR count). The van der Waals surface area contributed by atoms with Crippen LogP contribution in [-0.4, -0.2) is 55.8 Å². The smallest absolute Gasteiger partial charge is 0.243 e. The number of piperazine rings is 1. The van der Waals surface area contributed by atoms with Crippen LogP contribution in [0.1, 0.15) is 36.1 Å². The van der Waals surface area contributed by atoms with Crippen LogP contribution in [0.2, 0.25) is 0 Å². The van der Waals surface area contributed by atoms with Crippen molar-refractivity contribution in [3.05, 3.63) is 28.3 Å². The molecule has 0 aromatic heterocycles. The second kappa shape index (κ2) is 7.66. The van der Waals surface area contributed by atoms with E-state index in [0.717, 1.165) is 22.3 Å². The molecule has 1 atom stereocenters. The Kier molecular flexibility index (Phi) is 6.15. The number of benzene rings is 1. The summed E-state index contributed by atoms with van der Waals surface area (Å²) in [5, 5.41) is 0. The summed E-state index contributed by atoms with van der Waals surface area (Å²) < 4.78 is 28.0. The molecule has 1 heterocycles. The fraction of sp³-hybridized carbons (Fsp3) is 0.632. The highest BCUT2D eigenvalue weighted by Gasteiger charge is 2.34. The van der Waals surface area contributed by atoms with Crippen molar-refractivity contribution in [3.8, 4) is 0 Å². The Morgan fingerprint density at radius 2 is 1.46 bits per heavy atom. The molecule has 1 amide bonds. The van der Waals surface area contributed by atoms with Gasteiger partial charge in [-0.25, -0.2) is 8.42 Å². The van der Waals surface area contributed by atoms with Crippen LogP contribution in [-0.2, 0) is 14.8 Å². The van der Waals surface area contributed by atoms with E-state index in [2.05, 4.69) is 0 Å². The van der Waals surface area contributed by atoms with Gasteiger partial charge < -0.3 is 10.6 Å². The lowest BCUT2D eigenvalue weighted by atomic mass is 10.0. The molecule has 6 nitrogen and oxygen atoms in total. The maximum Gasteiger partial charge on any atom is 0.243 e. The van der Waals surface area contributed by atoms with Crippen molar-refractivity contribution in [2.45, 2.75) is 52.5 Å². The first-order valence-corrected chi connectivity index (χ1v) is 10.5. The zero-order valence-electron chi connectivity index (χ0n) is 16.7. The predicted octanol–water partition coefficient (Wildman–Crippen LogP) is 1.74. The number of amides is 1. The third-order valence-electron chi connectivity index (χ3n) is 5.45. The lowest BCUT2D eigenvalue weighted by molar-refractivity contribution is -0.134. The molecule has 1 aliphatic heterocycles. The molecule has 0 spiro atoms. The molecular weight excluding hydrogens is 350 g/mol. The molecule has 7 heteroatoms. The molecule has 2 N–H and O–H groups in total. The van der Waals surface area contributed by atoms with Crippen LogP contribution in [0, 0.1) is 33.6 Å². The van der Waals surface area contributed by atoms with Crippen molar-refractivity contribution in [2.75, 3.05) is 26.2 Å². The molecule has 0 aliphatic carbocycles. The molecule has 0 unspecified atom stereocenters. The molecule has 0 saturated carbocycles. The summed E-state index contributed by atoms with van der Waals surface area (Å²) in [5.74, 6) is -0.0411. The topological polar surface area (TPSA) is 83.7 Å². The van der Waals surface area contributed by atoms with Gasteiger partial charge in [-0.1, -0.05) is 19.9 Å². The van der Waals surface area contributed by atoms with E-state index in [-0.39, 0.29) is 11.8 Å². The maximum atomic E-state index is 13.2. The monoisotopic (exact) mass is 381 g/mol. The number of hydrogen-bond acceptors (Lipinski definition) is 4. The van der Waals surface area contributed by atoms with E-state index < -0.39 is 16.1 Å². The summed E-state index contributed by atoms with van der Waals surface area (Å²) in [5.41, 5.74) is 9.50. The van der Waals surface area contributed by atoms with E-state index in [4.69, 9.17) is 5.73 Å². The first-order chi connectivity index (χ1) is 12.0. The van der Waals surface area contributed by atoms with Gasteiger partial charge in [-0.2, -0.15) is 4.31 Å². The van der Waals surface area contributed by atoms with Crippen LogP contribution in [0.25, 0.3) is 0 Å². The van der Waals surface area contributed by atoms with Gasteiger partial charge in [-0.05, 0) is 55.9 Å². The van der Waals surface area contributed by atoms with E-state index in [1.807, 2.05) is 47.6 Å². The Labute approximate surface area is 157 Å². The van der Waals surface area contributed by atoms with Gasteiger partial charge in [0.1, 0.15) is 0 Å². The van der Waals surface area contributed by atoms with Gasteiger partial charge >= 0.3 is 0 Å². The zero-order chi connectivity index (χ0) is 19.8. The highest BCUT2D eigenvalue weighted by molar-refractivity contribution is 7.89. The van der Waals surface area contributed by atoms with Gasteiger partial charge in [0.2, 0.25) is 15.9 Å². The van der Waals surface area contributed by atoms with E-state index in [0.29, 0.717) is 31.1 Å². The highest BCUT2D eigenvalue weighted by atomic mass is 32.2. The molecule has 26 heavy (non-hydrogen) atoms. The van der Waals surface area contributed by atoms with Crippen LogP contribution < -0.4 is 5.73 Å². The average Bonchev–Trinajstić information content (AvgIpc) is 2.58. The molecular formula is C19H31N3O3S. The van der Waals surface area contributed by atoms with Crippen molar-refractivity contribution in [2.24, 2.45) is 11.7 Å². The SMILES string of the molecule is Cc1cc(C)c(C)c(S(=O)(=O)N2CCN(C(=O)[C@@H](N)C(C)C)CC2)c1C. The number of sulfonamides is 1. The van der Waals surface area contributed by atoms with E-state index in [1.165, 1.54) is 4.31 Å². The molecule has 1 saturated heterocycles. The van der Waals surface area contributed by atoms with Gasteiger partial charge in [0, 0.05) is 26.2 Å². The summed E-state index contributed by atoms with van der Waals surface area (Å²) in [7, 11) is -3.59. The second-order valence-electron chi connectivity index (χ2n) is 7.59. The molecule has 1 fully saturated rings. The van der Waals surface area contributed by atoms with Crippen molar-refractivity contribution in [1.29, 1.82) is 0 Å². The van der Waals surface area contributed by atoms with Crippen LogP contribution in [0.5, 0.6) is 0 Å². The fourth-order valence-corrected chi connectivity index (χ4v) is 5.34. The zero-order valence-corrected chi connectivity index (χ0v) is 17.5. The maximum absolute atomic E-state index is 13.2. The first kappa shape index (κ1) is 20.9. The van der Waals surface area contributed by atoms with E-state index in [9.17, 15) is 13.2 Å². The highest BCUT2D eigenvalue weighted by Crippen LogP contribution is 2.29. The van der Waals surface area contributed by atoms with E-state index in [1.54, 1.807) is 4.90 Å². The quantitative estimate of drug-likeness (QED) is 0.861. The predicted molar refractivity (Wildman–Crippen MR) is 104 cm³/mol. The Morgan fingerprint density at radius 3 is 1.88 bits per heavy atom. The molecule has 146 valence electrons. The third kappa shape index (κ3) is 3.80. The van der Waals surface area contributed by atoms with Crippen LogP contribution in [0.4, 0.5) is 0 Å². The number of nitrogens with zero attached hydrogens (tertiary/aromatic N) is 2. The molecule has 1 aromatic rings. The molecule has 1 aliphatic rings. The van der Waals surface area contributed by atoms with Gasteiger partial charge in [0.15, 0.2) is 0 Å².